The van der Waals surface area contributed by atoms with Crippen molar-refractivity contribution in [1.82, 2.24) is 4.90 Å². The Hall–Kier alpha value is -1.94. The molecule has 0 saturated heterocycles. The maximum atomic E-state index is 12.4. The van der Waals surface area contributed by atoms with Gasteiger partial charge in [0.05, 0.1) is 23.4 Å². The van der Waals surface area contributed by atoms with Gasteiger partial charge in [0.15, 0.2) is 0 Å². The fourth-order valence-electron chi connectivity index (χ4n) is 1.77. The van der Waals surface area contributed by atoms with Gasteiger partial charge in [-0.2, -0.15) is 0 Å². The lowest BCUT2D eigenvalue weighted by Gasteiger charge is -2.20. The average Bonchev–Trinajstić information content (AvgIpc) is 2.91. The van der Waals surface area contributed by atoms with Gasteiger partial charge in [-0.05, 0) is 37.3 Å². The number of hydrogen-bond acceptors (Lipinski definition) is 3. The number of aromatic hydroxyl groups is 1. The minimum absolute atomic E-state index is 0.0156. The van der Waals surface area contributed by atoms with Gasteiger partial charge < -0.3 is 14.4 Å². The van der Waals surface area contributed by atoms with Gasteiger partial charge in [-0.3, -0.25) is 4.79 Å². The molecule has 0 aliphatic carbocycles. The molecule has 19 heavy (non-hydrogen) atoms. The molecule has 0 radical (unpaired) electrons. The maximum absolute atomic E-state index is 12.4. The van der Waals surface area contributed by atoms with Gasteiger partial charge in [0.25, 0.3) is 5.91 Å². The van der Waals surface area contributed by atoms with E-state index in [-0.39, 0.29) is 17.2 Å². The number of carbonyl (C=O) groups is 1. The van der Waals surface area contributed by atoms with Gasteiger partial charge in [-0.25, -0.2) is 0 Å². The topological polar surface area (TPSA) is 53.7 Å². The lowest BCUT2D eigenvalue weighted by Crippen LogP contribution is -2.30. The van der Waals surface area contributed by atoms with Crippen molar-refractivity contribution in [2.45, 2.75) is 13.5 Å². The molecule has 1 N–H and O–H groups in total. The first kappa shape index (κ1) is 13.5. The Bertz CT molecular complexity index is 566. The van der Waals surface area contributed by atoms with Gasteiger partial charge in [-0.1, -0.05) is 11.6 Å². The summed E-state index contributed by atoms with van der Waals surface area (Å²) in [5.74, 6) is 0.480. The van der Waals surface area contributed by atoms with E-state index in [1.807, 2.05) is 6.92 Å². The molecule has 100 valence electrons. The first-order valence-electron chi connectivity index (χ1n) is 5.92. The van der Waals surface area contributed by atoms with E-state index in [0.717, 1.165) is 0 Å². The molecule has 1 heterocycles. The van der Waals surface area contributed by atoms with Crippen molar-refractivity contribution >= 4 is 17.5 Å². The van der Waals surface area contributed by atoms with Crippen molar-refractivity contribution in [3.8, 4) is 5.75 Å². The van der Waals surface area contributed by atoms with Crippen molar-refractivity contribution in [3.05, 3.63) is 52.9 Å². The molecule has 0 aliphatic rings. The Balaban J connectivity index is 2.23. The number of rotatable bonds is 4. The van der Waals surface area contributed by atoms with Crippen LogP contribution in [0.15, 0.2) is 41.0 Å². The Morgan fingerprint density at radius 1 is 1.42 bits per heavy atom. The highest BCUT2D eigenvalue weighted by Crippen LogP contribution is 2.23. The zero-order valence-corrected chi connectivity index (χ0v) is 11.2. The largest absolute Gasteiger partial charge is 0.508 e. The van der Waals surface area contributed by atoms with E-state index in [1.54, 1.807) is 23.3 Å². The van der Waals surface area contributed by atoms with Crippen LogP contribution in [0.4, 0.5) is 0 Å². The molecule has 1 aromatic carbocycles. The average molecular weight is 280 g/mol. The number of carbonyl (C=O) groups excluding carboxylic acids is 1. The molecular formula is C14H14ClNO3. The van der Waals surface area contributed by atoms with E-state index in [1.165, 1.54) is 18.2 Å². The highest BCUT2D eigenvalue weighted by Gasteiger charge is 2.18. The number of phenolic OH excluding ortho intramolecular Hbond substituents is 1. The molecule has 0 fully saturated rings. The summed E-state index contributed by atoms with van der Waals surface area (Å²) >= 11 is 5.99. The molecule has 0 atom stereocenters. The second kappa shape index (κ2) is 5.80. The number of benzene rings is 1. The summed E-state index contributed by atoms with van der Waals surface area (Å²) in [5, 5.41) is 9.77. The summed E-state index contributed by atoms with van der Waals surface area (Å²) < 4.78 is 5.23. The van der Waals surface area contributed by atoms with Crippen LogP contribution in [0.2, 0.25) is 5.02 Å². The molecule has 0 unspecified atom stereocenters. The zero-order chi connectivity index (χ0) is 13.8. The van der Waals surface area contributed by atoms with Crippen molar-refractivity contribution < 1.29 is 14.3 Å². The third-order valence-corrected chi connectivity index (χ3v) is 3.11. The van der Waals surface area contributed by atoms with Gasteiger partial charge in [0, 0.05) is 6.54 Å². The number of furan rings is 1. The zero-order valence-electron chi connectivity index (χ0n) is 10.5. The fourth-order valence-corrected chi connectivity index (χ4v) is 1.96. The normalized spacial score (nSPS) is 10.4. The molecule has 0 bridgehead atoms. The van der Waals surface area contributed by atoms with Crippen molar-refractivity contribution in [2.75, 3.05) is 6.54 Å². The van der Waals surface area contributed by atoms with E-state index in [4.69, 9.17) is 16.0 Å². The van der Waals surface area contributed by atoms with E-state index in [0.29, 0.717) is 23.9 Å². The molecule has 4 nitrogen and oxygen atoms in total. The van der Waals surface area contributed by atoms with Crippen molar-refractivity contribution in [3.63, 3.8) is 0 Å². The van der Waals surface area contributed by atoms with Gasteiger partial charge >= 0.3 is 0 Å². The third-order valence-electron chi connectivity index (χ3n) is 2.78. The van der Waals surface area contributed by atoms with Crippen molar-refractivity contribution in [2.24, 2.45) is 0 Å². The van der Waals surface area contributed by atoms with Crippen LogP contribution in [-0.4, -0.2) is 22.5 Å². The number of nitrogens with zero attached hydrogens (tertiary/aromatic N) is 1. The SMILES string of the molecule is CCN(Cc1ccco1)C(=O)c1cc(O)ccc1Cl. The summed E-state index contributed by atoms with van der Waals surface area (Å²) in [6.07, 6.45) is 1.56. The Morgan fingerprint density at radius 2 is 2.21 bits per heavy atom. The van der Waals surface area contributed by atoms with Crippen LogP contribution >= 0.6 is 11.6 Å². The minimum atomic E-state index is -0.236. The molecule has 5 heteroatoms. The first-order chi connectivity index (χ1) is 9.11. The monoisotopic (exact) mass is 279 g/mol. The lowest BCUT2D eigenvalue weighted by molar-refractivity contribution is 0.0741. The number of phenols is 1. The summed E-state index contributed by atoms with van der Waals surface area (Å²) in [4.78, 5) is 14.0. The predicted octanol–water partition coefficient (Wildman–Crippen LogP) is 3.30. The predicted molar refractivity (Wildman–Crippen MR) is 72.2 cm³/mol. The minimum Gasteiger partial charge on any atom is -0.508 e. The van der Waals surface area contributed by atoms with E-state index < -0.39 is 0 Å². The molecule has 1 amide bonds. The van der Waals surface area contributed by atoms with Crippen LogP contribution in [0, 0.1) is 0 Å². The molecule has 2 aromatic rings. The second-order valence-electron chi connectivity index (χ2n) is 4.06. The summed E-state index contributed by atoms with van der Waals surface area (Å²) in [5.41, 5.74) is 0.287. The number of hydrogen-bond donors (Lipinski definition) is 1. The fraction of sp³-hybridized carbons (Fsp3) is 0.214. The van der Waals surface area contributed by atoms with Gasteiger partial charge in [0.1, 0.15) is 11.5 Å². The van der Waals surface area contributed by atoms with Crippen LogP contribution in [0.1, 0.15) is 23.0 Å². The highest BCUT2D eigenvalue weighted by atomic mass is 35.5. The van der Waals surface area contributed by atoms with Crippen LogP contribution < -0.4 is 0 Å². The highest BCUT2D eigenvalue weighted by molar-refractivity contribution is 6.33. The van der Waals surface area contributed by atoms with Crippen molar-refractivity contribution in [1.29, 1.82) is 0 Å². The Labute approximate surface area is 116 Å². The molecule has 0 aliphatic heterocycles. The standard InChI is InChI=1S/C14H14ClNO3/c1-2-16(9-11-4-3-7-19-11)14(18)12-8-10(17)5-6-13(12)15/h3-8,17H,2,9H2,1H3. The number of halogens is 1. The molecule has 2 rings (SSSR count). The van der Waals surface area contributed by atoms with Crippen LogP contribution in [-0.2, 0) is 6.54 Å². The third kappa shape index (κ3) is 3.09. The lowest BCUT2D eigenvalue weighted by atomic mass is 10.2. The molecule has 1 aromatic heterocycles. The summed E-state index contributed by atoms with van der Waals surface area (Å²) in [6, 6.07) is 7.90. The van der Waals surface area contributed by atoms with Crippen LogP contribution in [0.3, 0.4) is 0 Å². The van der Waals surface area contributed by atoms with Gasteiger partial charge in [-0.15, -0.1) is 0 Å². The number of amides is 1. The smallest absolute Gasteiger partial charge is 0.255 e. The molecule has 0 saturated carbocycles. The van der Waals surface area contributed by atoms with E-state index in [2.05, 4.69) is 0 Å². The van der Waals surface area contributed by atoms with E-state index in [9.17, 15) is 9.90 Å². The van der Waals surface area contributed by atoms with E-state index >= 15 is 0 Å². The Kier molecular flexibility index (Phi) is 4.12. The summed E-state index contributed by atoms with van der Waals surface area (Å²) in [6.45, 7) is 2.76. The quantitative estimate of drug-likeness (QED) is 0.934. The molecule has 0 spiro atoms. The van der Waals surface area contributed by atoms with Gasteiger partial charge in [0.2, 0.25) is 0 Å². The van der Waals surface area contributed by atoms with Crippen LogP contribution in [0.5, 0.6) is 5.75 Å². The first-order valence-corrected chi connectivity index (χ1v) is 6.29. The molecular weight excluding hydrogens is 266 g/mol. The maximum Gasteiger partial charge on any atom is 0.255 e. The second-order valence-corrected chi connectivity index (χ2v) is 4.47. The van der Waals surface area contributed by atoms with Crippen LogP contribution in [0.25, 0.3) is 0 Å². The Morgan fingerprint density at radius 3 is 2.84 bits per heavy atom. The summed E-state index contributed by atoms with van der Waals surface area (Å²) in [7, 11) is 0.